The monoisotopic (exact) mass is 223 g/mol. The predicted octanol–water partition coefficient (Wildman–Crippen LogP) is 1.41. The van der Waals surface area contributed by atoms with Gasteiger partial charge in [0, 0.05) is 36.9 Å². The molecule has 0 aliphatic heterocycles. The quantitative estimate of drug-likeness (QED) is 0.832. The standard InChI is InChI=1S/C9H13N5S/c1-2-8-12-9(15-13-8)10-5-7-14-6-3-4-11-14/h3-4,6H,2,5,7H2,1H3,(H,10,12,13). The Morgan fingerprint density at radius 3 is 3.13 bits per heavy atom. The van der Waals surface area contributed by atoms with E-state index in [0.29, 0.717) is 0 Å². The van der Waals surface area contributed by atoms with E-state index in [0.717, 1.165) is 30.5 Å². The molecule has 0 aliphatic rings. The molecule has 0 spiro atoms. The zero-order valence-electron chi connectivity index (χ0n) is 8.55. The number of aryl methyl sites for hydroxylation is 1. The maximum absolute atomic E-state index is 4.31. The van der Waals surface area contributed by atoms with Crippen molar-refractivity contribution in [3.8, 4) is 0 Å². The van der Waals surface area contributed by atoms with Crippen LogP contribution in [0.3, 0.4) is 0 Å². The van der Waals surface area contributed by atoms with E-state index in [-0.39, 0.29) is 0 Å². The molecular formula is C9H13N5S. The van der Waals surface area contributed by atoms with Crippen LogP contribution >= 0.6 is 11.5 Å². The van der Waals surface area contributed by atoms with Crippen molar-refractivity contribution in [2.75, 3.05) is 11.9 Å². The number of hydrogen-bond donors (Lipinski definition) is 1. The summed E-state index contributed by atoms with van der Waals surface area (Å²) >= 11 is 1.41. The molecular weight excluding hydrogens is 210 g/mol. The van der Waals surface area contributed by atoms with Crippen LogP contribution < -0.4 is 5.32 Å². The summed E-state index contributed by atoms with van der Waals surface area (Å²) in [5, 5.41) is 8.22. The van der Waals surface area contributed by atoms with Gasteiger partial charge in [0.25, 0.3) is 0 Å². The molecule has 2 aromatic heterocycles. The largest absolute Gasteiger partial charge is 0.358 e. The Labute approximate surface area is 92.3 Å². The van der Waals surface area contributed by atoms with Crippen molar-refractivity contribution >= 4 is 16.7 Å². The Morgan fingerprint density at radius 1 is 1.53 bits per heavy atom. The topological polar surface area (TPSA) is 55.6 Å². The van der Waals surface area contributed by atoms with Crippen LogP contribution in [0.4, 0.5) is 5.13 Å². The third-order valence-electron chi connectivity index (χ3n) is 1.96. The van der Waals surface area contributed by atoms with Crippen molar-refractivity contribution < 1.29 is 0 Å². The summed E-state index contributed by atoms with van der Waals surface area (Å²) < 4.78 is 6.08. The zero-order chi connectivity index (χ0) is 10.5. The number of anilines is 1. The number of nitrogens with zero attached hydrogens (tertiary/aromatic N) is 4. The van der Waals surface area contributed by atoms with Crippen LogP contribution in [0, 0.1) is 0 Å². The third kappa shape index (κ3) is 2.76. The molecule has 0 saturated carbocycles. The van der Waals surface area contributed by atoms with Crippen molar-refractivity contribution in [2.45, 2.75) is 19.9 Å². The first-order chi connectivity index (χ1) is 7.38. The first-order valence-electron chi connectivity index (χ1n) is 4.92. The van der Waals surface area contributed by atoms with E-state index in [2.05, 4.69) is 26.7 Å². The highest BCUT2D eigenvalue weighted by Gasteiger charge is 2.00. The molecule has 5 nitrogen and oxygen atoms in total. The summed E-state index contributed by atoms with van der Waals surface area (Å²) in [7, 11) is 0. The van der Waals surface area contributed by atoms with Gasteiger partial charge in [0.05, 0.1) is 6.54 Å². The van der Waals surface area contributed by atoms with E-state index in [1.807, 2.05) is 16.9 Å². The Hall–Kier alpha value is -1.43. The molecule has 0 atom stereocenters. The van der Waals surface area contributed by atoms with E-state index < -0.39 is 0 Å². The minimum Gasteiger partial charge on any atom is -0.358 e. The molecule has 0 aromatic carbocycles. The maximum Gasteiger partial charge on any atom is 0.202 e. The van der Waals surface area contributed by atoms with Crippen molar-refractivity contribution in [3.63, 3.8) is 0 Å². The molecule has 6 heteroatoms. The van der Waals surface area contributed by atoms with E-state index in [1.54, 1.807) is 6.20 Å². The second kappa shape index (κ2) is 4.88. The minimum atomic E-state index is 0.819. The van der Waals surface area contributed by atoms with E-state index >= 15 is 0 Å². The Balaban J connectivity index is 1.78. The highest BCUT2D eigenvalue weighted by Crippen LogP contribution is 2.10. The van der Waals surface area contributed by atoms with Crippen LogP contribution in [0.5, 0.6) is 0 Å². The smallest absolute Gasteiger partial charge is 0.202 e. The van der Waals surface area contributed by atoms with Crippen LogP contribution in [0.1, 0.15) is 12.7 Å². The van der Waals surface area contributed by atoms with Crippen molar-refractivity contribution in [2.24, 2.45) is 0 Å². The number of rotatable bonds is 5. The highest BCUT2D eigenvalue weighted by atomic mass is 32.1. The van der Waals surface area contributed by atoms with Crippen molar-refractivity contribution in [3.05, 3.63) is 24.3 Å². The summed E-state index contributed by atoms with van der Waals surface area (Å²) in [5.74, 6) is 0.904. The average molecular weight is 223 g/mol. The van der Waals surface area contributed by atoms with Gasteiger partial charge in [0.15, 0.2) is 0 Å². The SMILES string of the molecule is CCc1nsc(NCCn2cccn2)n1. The molecule has 15 heavy (non-hydrogen) atoms. The van der Waals surface area contributed by atoms with Crippen LogP contribution in [0.25, 0.3) is 0 Å². The fourth-order valence-corrected chi connectivity index (χ4v) is 1.85. The molecule has 2 heterocycles. The van der Waals surface area contributed by atoms with Crippen LogP contribution in [0.2, 0.25) is 0 Å². The van der Waals surface area contributed by atoms with E-state index in [9.17, 15) is 0 Å². The molecule has 0 radical (unpaired) electrons. The summed E-state index contributed by atoms with van der Waals surface area (Å²) in [6, 6.07) is 1.92. The van der Waals surface area contributed by atoms with Gasteiger partial charge in [-0.2, -0.15) is 9.47 Å². The van der Waals surface area contributed by atoms with Crippen molar-refractivity contribution in [1.82, 2.24) is 19.1 Å². The first kappa shape index (κ1) is 10.1. The van der Waals surface area contributed by atoms with Crippen LogP contribution in [-0.2, 0) is 13.0 Å². The van der Waals surface area contributed by atoms with Gasteiger partial charge in [-0.3, -0.25) is 4.68 Å². The lowest BCUT2D eigenvalue weighted by molar-refractivity contribution is 0.637. The molecule has 2 rings (SSSR count). The Bertz CT molecular complexity index is 394. The van der Waals surface area contributed by atoms with E-state index in [1.165, 1.54) is 11.5 Å². The van der Waals surface area contributed by atoms with Gasteiger partial charge in [0.2, 0.25) is 5.13 Å². The lowest BCUT2D eigenvalue weighted by atomic mass is 10.5. The molecule has 0 bridgehead atoms. The molecule has 0 unspecified atom stereocenters. The summed E-state index contributed by atoms with van der Waals surface area (Å²) in [6.07, 6.45) is 4.61. The third-order valence-corrected chi connectivity index (χ3v) is 2.67. The van der Waals surface area contributed by atoms with Gasteiger partial charge in [-0.15, -0.1) is 0 Å². The Morgan fingerprint density at radius 2 is 2.47 bits per heavy atom. The molecule has 0 fully saturated rings. The number of nitrogens with one attached hydrogen (secondary N) is 1. The molecule has 0 amide bonds. The zero-order valence-corrected chi connectivity index (χ0v) is 9.37. The molecule has 2 aromatic rings. The van der Waals surface area contributed by atoms with Gasteiger partial charge in [-0.1, -0.05) is 6.92 Å². The van der Waals surface area contributed by atoms with Crippen molar-refractivity contribution in [1.29, 1.82) is 0 Å². The first-order valence-corrected chi connectivity index (χ1v) is 5.69. The van der Waals surface area contributed by atoms with Gasteiger partial charge < -0.3 is 5.32 Å². The summed E-state index contributed by atoms with van der Waals surface area (Å²) in [5.41, 5.74) is 0. The van der Waals surface area contributed by atoms with Gasteiger partial charge in [-0.25, -0.2) is 4.98 Å². The summed E-state index contributed by atoms with van der Waals surface area (Å²) in [4.78, 5) is 4.31. The molecule has 80 valence electrons. The van der Waals surface area contributed by atoms with Gasteiger partial charge in [0.1, 0.15) is 5.82 Å². The minimum absolute atomic E-state index is 0.819. The molecule has 0 aliphatic carbocycles. The number of hydrogen-bond acceptors (Lipinski definition) is 5. The lowest BCUT2D eigenvalue weighted by Gasteiger charge is -2.01. The van der Waals surface area contributed by atoms with Gasteiger partial charge >= 0.3 is 0 Å². The van der Waals surface area contributed by atoms with E-state index in [4.69, 9.17) is 0 Å². The highest BCUT2D eigenvalue weighted by molar-refractivity contribution is 7.09. The second-order valence-corrected chi connectivity index (χ2v) is 3.82. The van der Waals surface area contributed by atoms with Gasteiger partial charge in [-0.05, 0) is 6.07 Å². The van der Waals surface area contributed by atoms with Crippen LogP contribution in [-0.4, -0.2) is 25.7 Å². The molecule has 1 N–H and O–H groups in total. The second-order valence-electron chi connectivity index (χ2n) is 3.07. The average Bonchev–Trinajstić information content (AvgIpc) is 2.88. The normalized spacial score (nSPS) is 10.5. The number of aromatic nitrogens is 4. The lowest BCUT2D eigenvalue weighted by Crippen LogP contribution is -2.10. The fraction of sp³-hybridized carbons (Fsp3) is 0.444. The molecule has 0 saturated heterocycles. The maximum atomic E-state index is 4.31. The Kier molecular flexibility index (Phi) is 3.29. The van der Waals surface area contributed by atoms with Crippen LogP contribution in [0.15, 0.2) is 18.5 Å². The predicted molar refractivity (Wildman–Crippen MR) is 60.0 cm³/mol. The fourth-order valence-electron chi connectivity index (χ4n) is 1.18. The summed E-state index contributed by atoms with van der Waals surface area (Å²) in [6.45, 7) is 3.71.